The van der Waals surface area contributed by atoms with Gasteiger partial charge in [-0.3, -0.25) is 8.98 Å². The molecule has 2 aliphatic rings. The quantitative estimate of drug-likeness (QED) is 0.548. The SMILES string of the molecule is CC1(C)CCCC1=O.CC1(C)CCCC1OS(=O)(=O)C(F)(F)F. The molecule has 2 aliphatic carbocycles. The Morgan fingerprint density at radius 1 is 1.09 bits per heavy atom. The maximum absolute atomic E-state index is 12.0. The van der Waals surface area contributed by atoms with E-state index in [4.69, 9.17) is 0 Å². The molecule has 0 aliphatic heterocycles. The van der Waals surface area contributed by atoms with Crippen molar-refractivity contribution in [1.82, 2.24) is 0 Å². The van der Waals surface area contributed by atoms with Crippen LogP contribution >= 0.6 is 0 Å². The average molecular weight is 358 g/mol. The summed E-state index contributed by atoms with van der Waals surface area (Å²) in [6.07, 6.45) is 3.84. The normalized spacial score (nSPS) is 26.7. The largest absolute Gasteiger partial charge is 0.523 e. The van der Waals surface area contributed by atoms with E-state index in [0.717, 1.165) is 19.3 Å². The minimum absolute atomic E-state index is 0.0139. The zero-order valence-corrected chi connectivity index (χ0v) is 14.8. The molecule has 0 saturated heterocycles. The smallest absolute Gasteiger partial charge is 0.299 e. The highest BCUT2D eigenvalue weighted by Crippen LogP contribution is 2.41. The Labute approximate surface area is 135 Å². The molecule has 23 heavy (non-hydrogen) atoms. The van der Waals surface area contributed by atoms with Gasteiger partial charge in [0.2, 0.25) is 0 Å². The predicted octanol–water partition coefficient (Wildman–Crippen LogP) is 4.20. The highest BCUT2D eigenvalue weighted by Gasteiger charge is 2.51. The molecule has 2 rings (SSSR count). The summed E-state index contributed by atoms with van der Waals surface area (Å²) < 4.78 is 61.8. The highest BCUT2D eigenvalue weighted by atomic mass is 32.2. The number of Topliss-reactive ketones (excluding diaryl/α,β-unsaturated/α-hetero) is 1. The molecule has 136 valence electrons. The van der Waals surface area contributed by atoms with Gasteiger partial charge in [-0.15, -0.1) is 0 Å². The van der Waals surface area contributed by atoms with Crippen LogP contribution in [0.25, 0.3) is 0 Å². The average Bonchev–Trinajstić information content (AvgIpc) is 2.82. The van der Waals surface area contributed by atoms with Gasteiger partial charge in [0.25, 0.3) is 0 Å². The lowest BCUT2D eigenvalue weighted by Crippen LogP contribution is -2.34. The van der Waals surface area contributed by atoms with E-state index in [0.29, 0.717) is 25.0 Å². The number of carbonyl (C=O) groups excluding carboxylic acids is 1. The Morgan fingerprint density at radius 3 is 1.91 bits per heavy atom. The van der Waals surface area contributed by atoms with Crippen molar-refractivity contribution in [3.05, 3.63) is 0 Å². The first kappa shape index (κ1) is 20.4. The third-order valence-electron chi connectivity index (χ3n) is 4.65. The van der Waals surface area contributed by atoms with E-state index < -0.39 is 27.1 Å². The molecule has 0 spiro atoms. The molecular formula is C15H25F3O4S. The van der Waals surface area contributed by atoms with E-state index in [1.165, 1.54) is 0 Å². The van der Waals surface area contributed by atoms with E-state index in [-0.39, 0.29) is 5.41 Å². The van der Waals surface area contributed by atoms with Crippen molar-refractivity contribution in [2.45, 2.75) is 77.8 Å². The molecule has 0 aromatic heterocycles. The molecule has 0 bridgehead atoms. The number of ketones is 1. The monoisotopic (exact) mass is 358 g/mol. The van der Waals surface area contributed by atoms with Gasteiger partial charge in [-0.25, -0.2) is 0 Å². The highest BCUT2D eigenvalue weighted by molar-refractivity contribution is 7.87. The van der Waals surface area contributed by atoms with E-state index in [1.54, 1.807) is 13.8 Å². The minimum Gasteiger partial charge on any atom is -0.299 e. The molecule has 0 aromatic rings. The van der Waals surface area contributed by atoms with Crippen molar-refractivity contribution in [2.24, 2.45) is 10.8 Å². The van der Waals surface area contributed by atoms with Crippen molar-refractivity contribution in [3.63, 3.8) is 0 Å². The van der Waals surface area contributed by atoms with Crippen LogP contribution in [0.2, 0.25) is 0 Å². The van der Waals surface area contributed by atoms with Crippen molar-refractivity contribution in [3.8, 4) is 0 Å². The lowest BCUT2D eigenvalue weighted by molar-refractivity contribution is -0.124. The van der Waals surface area contributed by atoms with Crippen molar-refractivity contribution < 1.29 is 30.6 Å². The van der Waals surface area contributed by atoms with E-state index >= 15 is 0 Å². The van der Waals surface area contributed by atoms with Crippen LogP contribution in [0.3, 0.4) is 0 Å². The Kier molecular flexibility index (Phi) is 5.95. The number of hydrogen-bond donors (Lipinski definition) is 0. The lowest BCUT2D eigenvalue weighted by Gasteiger charge is -2.26. The number of rotatable bonds is 2. The maximum Gasteiger partial charge on any atom is 0.523 e. The van der Waals surface area contributed by atoms with Crippen molar-refractivity contribution in [1.29, 1.82) is 0 Å². The number of alkyl halides is 3. The second kappa shape index (κ2) is 6.70. The fraction of sp³-hybridized carbons (Fsp3) is 0.933. The summed E-state index contributed by atoms with van der Waals surface area (Å²) in [6.45, 7) is 7.47. The van der Waals surface area contributed by atoms with Crippen LogP contribution in [0.5, 0.6) is 0 Å². The molecular weight excluding hydrogens is 333 g/mol. The van der Waals surface area contributed by atoms with Crippen LogP contribution in [-0.2, 0) is 19.1 Å². The third-order valence-corrected chi connectivity index (χ3v) is 5.70. The summed E-state index contributed by atoms with van der Waals surface area (Å²) in [5.74, 6) is 0.442. The van der Waals surface area contributed by atoms with Crippen LogP contribution in [0.1, 0.15) is 66.2 Å². The molecule has 8 heteroatoms. The Balaban J connectivity index is 0.000000277. The molecule has 0 radical (unpaired) electrons. The van der Waals surface area contributed by atoms with E-state index in [2.05, 4.69) is 4.18 Å². The van der Waals surface area contributed by atoms with E-state index in [1.807, 2.05) is 13.8 Å². The molecule has 4 nitrogen and oxygen atoms in total. The summed E-state index contributed by atoms with van der Waals surface area (Å²) in [6, 6.07) is 0. The van der Waals surface area contributed by atoms with Gasteiger partial charge in [0.15, 0.2) is 0 Å². The minimum atomic E-state index is -5.45. The van der Waals surface area contributed by atoms with Crippen LogP contribution in [0.15, 0.2) is 0 Å². The molecule has 0 N–H and O–H groups in total. The summed E-state index contributed by atoms with van der Waals surface area (Å²) >= 11 is 0. The fourth-order valence-corrected chi connectivity index (χ4v) is 3.62. The molecule has 1 atom stereocenters. The van der Waals surface area contributed by atoms with Gasteiger partial charge >= 0.3 is 15.6 Å². The lowest BCUT2D eigenvalue weighted by atomic mass is 9.90. The standard InChI is InChI=1S/C8H13F3O3S.C7H12O/c1-7(2)5-3-4-6(7)14-15(12,13)8(9,10)11;1-7(2)5-3-4-6(7)8/h6H,3-5H2,1-2H3;3-5H2,1-2H3. The molecule has 0 heterocycles. The van der Waals surface area contributed by atoms with Gasteiger partial charge in [0.05, 0.1) is 6.10 Å². The van der Waals surface area contributed by atoms with Crippen molar-refractivity contribution >= 4 is 15.9 Å². The molecule has 1 unspecified atom stereocenters. The molecule has 2 saturated carbocycles. The molecule has 0 amide bonds. The number of carbonyl (C=O) groups is 1. The molecule has 0 aromatic carbocycles. The summed E-state index contributed by atoms with van der Waals surface area (Å²) in [5, 5.41) is 0. The van der Waals surface area contributed by atoms with Crippen LogP contribution in [-0.4, -0.2) is 25.8 Å². The second-order valence-corrected chi connectivity index (χ2v) is 9.09. The summed E-state index contributed by atoms with van der Waals surface area (Å²) in [4.78, 5) is 10.9. The topological polar surface area (TPSA) is 60.4 Å². The first-order valence-electron chi connectivity index (χ1n) is 7.72. The Morgan fingerprint density at radius 2 is 1.65 bits per heavy atom. The van der Waals surface area contributed by atoms with Gasteiger partial charge < -0.3 is 0 Å². The Bertz CT molecular complexity index is 535. The Hall–Kier alpha value is -0.630. The second-order valence-electron chi connectivity index (χ2n) is 7.53. The zero-order valence-electron chi connectivity index (χ0n) is 14.0. The van der Waals surface area contributed by atoms with Crippen LogP contribution in [0, 0.1) is 10.8 Å². The van der Waals surface area contributed by atoms with Crippen LogP contribution in [0.4, 0.5) is 13.2 Å². The molecule has 2 fully saturated rings. The zero-order chi connectivity index (χ0) is 18.1. The van der Waals surface area contributed by atoms with Gasteiger partial charge in [0.1, 0.15) is 5.78 Å². The summed E-state index contributed by atoms with van der Waals surface area (Å²) in [5.41, 5.74) is -5.83. The van der Waals surface area contributed by atoms with Gasteiger partial charge in [-0.2, -0.15) is 21.6 Å². The maximum atomic E-state index is 12.0. The first-order chi connectivity index (χ1) is 10.2. The van der Waals surface area contributed by atoms with Gasteiger partial charge in [0, 0.05) is 11.8 Å². The predicted molar refractivity (Wildman–Crippen MR) is 80.1 cm³/mol. The number of halogens is 3. The fourth-order valence-electron chi connectivity index (χ4n) is 2.85. The summed E-state index contributed by atoms with van der Waals surface area (Å²) in [7, 11) is -5.45. The van der Waals surface area contributed by atoms with Crippen molar-refractivity contribution in [2.75, 3.05) is 0 Å². The van der Waals surface area contributed by atoms with Crippen LogP contribution < -0.4 is 0 Å². The van der Waals surface area contributed by atoms with Gasteiger partial charge in [-0.1, -0.05) is 34.1 Å². The third kappa shape index (κ3) is 5.17. The van der Waals surface area contributed by atoms with Gasteiger partial charge in [-0.05, 0) is 31.1 Å². The number of hydrogen-bond acceptors (Lipinski definition) is 4. The first-order valence-corrected chi connectivity index (χ1v) is 9.13. The van der Waals surface area contributed by atoms with E-state index in [9.17, 15) is 26.4 Å².